The van der Waals surface area contributed by atoms with E-state index in [1.54, 1.807) is 0 Å². The van der Waals surface area contributed by atoms with Crippen molar-refractivity contribution in [3.8, 4) is 0 Å². The molecule has 0 atom stereocenters. The van der Waals surface area contributed by atoms with Crippen LogP contribution in [0.3, 0.4) is 0 Å². The highest BCUT2D eigenvalue weighted by Gasteiger charge is 2.44. The summed E-state index contributed by atoms with van der Waals surface area (Å²) in [6.45, 7) is 19.7. The molecular weight excluding hydrogens is 262 g/mol. The van der Waals surface area contributed by atoms with Crippen molar-refractivity contribution in [1.29, 1.82) is 0 Å². The molecular formula is C16H31NSi2. The molecule has 1 rings (SSSR count). The monoisotopic (exact) mass is 293 g/mol. The lowest BCUT2D eigenvalue weighted by molar-refractivity contribution is 0.959. The highest BCUT2D eigenvalue weighted by molar-refractivity contribution is 7.01. The summed E-state index contributed by atoms with van der Waals surface area (Å²) in [5.74, 6) is 0. The van der Waals surface area contributed by atoms with Crippen LogP contribution in [0, 0.1) is 0 Å². The lowest BCUT2D eigenvalue weighted by atomic mass is 10.3. The van der Waals surface area contributed by atoms with E-state index in [9.17, 15) is 0 Å². The van der Waals surface area contributed by atoms with Gasteiger partial charge in [0.1, 0.15) is 16.5 Å². The van der Waals surface area contributed by atoms with Crippen molar-refractivity contribution in [2.75, 3.05) is 4.23 Å². The van der Waals surface area contributed by atoms with Gasteiger partial charge in [-0.1, -0.05) is 72.1 Å². The van der Waals surface area contributed by atoms with Gasteiger partial charge in [0.25, 0.3) is 0 Å². The molecule has 0 aliphatic heterocycles. The molecule has 0 radical (unpaired) electrons. The number of anilines is 1. The van der Waals surface area contributed by atoms with Crippen molar-refractivity contribution in [2.24, 2.45) is 0 Å². The Morgan fingerprint density at radius 2 is 1.11 bits per heavy atom. The summed E-state index contributed by atoms with van der Waals surface area (Å²) in [7, 11) is -2.91. The molecule has 0 aliphatic carbocycles. The van der Waals surface area contributed by atoms with Crippen LogP contribution >= 0.6 is 0 Å². The van der Waals surface area contributed by atoms with Crippen molar-refractivity contribution in [3.63, 3.8) is 0 Å². The third-order valence-electron chi connectivity index (χ3n) is 4.99. The summed E-state index contributed by atoms with van der Waals surface area (Å²) < 4.78 is 2.88. The van der Waals surface area contributed by atoms with Crippen LogP contribution in [-0.2, 0) is 0 Å². The van der Waals surface area contributed by atoms with Crippen molar-refractivity contribution in [1.82, 2.24) is 0 Å². The summed E-state index contributed by atoms with van der Waals surface area (Å²) in [6.07, 6.45) is 0. The summed E-state index contributed by atoms with van der Waals surface area (Å²) in [6, 6.07) is 11.1. The maximum atomic E-state index is 2.88. The topological polar surface area (TPSA) is 3.24 Å². The van der Waals surface area contributed by atoms with Gasteiger partial charge < -0.3 is 4.23 Å². The largest absolute Gasteiger partial charge is 0.424 e. The Labute approximate surface area is 122 Å². The molecule has 0 heterocycles. The smallest absolute Gasteiger partial charge is 0.144 e. The summed E-state index contributed by atoms with van der Waals surface area (Å²) in [5.41, 5.74) is 2.97. The van der Waals surface area contributed by atoms with Crippen LogP contribution < -0.4 is 4.23 Å². The third-order valence-corrected chi connectivity index (χ3v) is 16.9. The van der Waals surface area contributed by atoms with Gasteiger partial charge in [0.2, 0.25) is 0 Å². The fourth-order valence-corrected chi connectivity index (χ4v) is 12.7. The number of rotatable bonds is 5. The summed E-state index contributed by atoms with van der Waals surface area (Å²) in [5, 5.41) is 0. The van der Waals surface area contributed by atoms with Crippen LogP contribution in [0.2, 0.25) is 37.3 Å². The summed E-state index contributed by atoms with van der Waals surface area (Å²) >= 11 is 0. The molecule has 108 valence electrons. The molecule has 1 nitrogen and oxygen atoms in total. The quantitative estimate of drug-likeness (QED) is 0.627. The van der Waals surface area contributed by atoms with Crippen molar-refractivity contribution >= 4 is 22.2 Å². The Morgan fingerprint density at radius 1 is 0.737 bits per heavy atom. The van der Waals surface area contributed by atoms with E-state index in [4.69, 9.17) is 0 Å². The minimum atomic E-state index is -1.45. The Balaban J connectivity index is 3.36. The van der Waals surface area contributed by atoms with Gasteiger partial charge in [0, 0.05) is 5.69 Å². The number of hydrogen-bond donors (Lipinski definition) is 0. The van der Waals surface area contributed by atoms with Crippen LogP contribution in [0.25, 0.3) is 0 Å². The van der Waals surface area contributed by atoms with Crippen LogP contribution in [0.5, 0.6) is 0 Å². The molecule has 0 saturated heterocycles. The number of benzene rings is 1. The van der Waals surface area contributed by atoms with E-state index in [1.807, 2.05) is 0 Å². The predicted molar refractivity (Wildman–Crippen MR) is 94.1 cm³/mol. The van der Waals surface area contributed by atoms with Crippen LogP contribution in [0.15, 0.2) is 30.3 Å². The predicted octanol–water partition coefficient (Wildman–Crippen LogP) is 5.72. The molecule has 0 N–H and O–H groups in total. The maximum absolute atomic E-state index is 2.88. The molecule has 0 unspecified atom stereocenters. The first-order valence-corrected chi connectivity index (χ1v) is 13.5. The highest BCUT2D eigenvalue weighted by atomic mass is 28.4. The maximum Gasteiger partial charge on any atom is 0.144 e. The highest BCUT2D eigenvalue weighted by Crippen LogP contribution is 2.38. The van der Waals surface area contributed by atoms with E-state index in [0.29, 0.717) is 0 Å². The zero-order chi connectivity index (χ0) is 14.8. The molecule has 0 bridgehead atoms. The van der Waals surface area contributed by atoms with Crippen molar-refractivity contribution < 1.29 is 0 Å². The lowest BCUT2D eigenvalue weighted by Crippen LogP contribution is -2.65. The lowest BCUT2D eigenvalue weighted by Gasteiger charge is -2.52. The number of para-hydroxylation sites is 1. The van der Waals surface area contributed by atoms with Gasteiger partial charge in [-0.2, -0.15) is 0 Å². The third kappa shape index (κ3) is 3.32. The second kappa shape index (κ2) is 5.84. The van der Waals surface area contributed by atoms with Gasteiger partial charge in [-0.25, -0.2) is 0 Å². The molecule has 1 aromatic rings. The molecule has 0 spiro atoms. The normalized spacial score (nSPS) is 13.2. The molecule has 1 aromatic carbocycles. The Bertz CT molecular complexity index is 376. The fraction of sp³-hybridized carbons (Fsp3) is 0.625. The van der Waals surface area contributed by atoms with Gasteiger partial charge in [0.05, 0.1) is 0 Å². The van der Waals surface area contributed by atoms with E-state index >= 15 is 0 Å². The zero-order valence-corrected chi connectivity index (χ0v) is 16.0. The Morgan fingerprint density at radius 3 is 1.42 bits per heavy atom. The van der Waals surface area contributed by atoms with Gasteiger partial charge in [-0.3, -0.25) is 0 Å². The minimum absolute atomic E-state index is 0.762. The van der Waals surface area contributed by atoms with Crippen LogP contribution in [-0.4, -0.2) is 16.5 Å². The van der Waals surface area contributed by atoms with Crippen LogP contribution in [0.1, 0.15) is 27.7 Å². The van der Waals surface area contributed by atoms with Gasteiger partial charge in [-0.05, 0) is 23.2 Å². The van der Waals surface area contributed by atoms with E-state index in [0.717, 1.165) is 11.1 Å². The average Bonchev–Trinajstić information content (AvgIpc) is 2.29. The number of nitrogens with zero attached hydrogens (tertiary/aromatic N) is 1. The second-order valence-corrected chi connectivity index (χ2v) is 17.6. The van der Waals surface area contributed by atoms with E-state index < -0.39 is 16.5 Å². The first-order chi connectivity index (χ1) is 8.61. The SMILES string of the molecule is CC(C)[Si](C)(C)N(c1ccccc1)[Si](C)(C)C(C)C. The van der Waals surface area contributed by atoms with Gasteiger partial charge in [0.15, 0.2) is 0 Å². The molecule has 3 heteroatoms. The molecule has 0 fully saturated rings. The Kier molecular flexibility index (Phi) is 5.07. The first kappa shape index (κ1) is 16.5. The Hall–Kier alpha value is -0.546. The standard InChI is InChI=1S/C16H31NSi2/c1-14(2)18(5,6)17(19(7,8)15(3)4)16-12-10-9-11-13-16/h9-15H,1-8H3. The fourth-order valence-electron chi connectivity index (χ4n) is 2.50. The molecule has 0 amide bonds. The zero-order valence-electron chi connectivity index (χ0n) is 14.0. The second-order valence-electron chi connectivity index (χ2n) is 7.29. The molecule has 0 aliphatic rings. The summed E-state index contributed by atoms with van der Waals surface area (Å²) in [4.78, 5) is 0. The molecule has 0 aromatic heterocycles. The van der Waals surface area contributed by atoms with Crippen molar-refractivity contribution in [2.45, 2.75) is 65.0 Å². The minimum Gasteiger partial charge on any atom is -0.424 e. The van der Waals surface area contributed by atoms with Gasteiger partial charge in [-0.15, -0.1) is 0 Å². The first-order valence-electron chi connectivity index (χ1n) is 7.47. The molecule has 0 saturated carbocycles. The number of hydrogen-bond acceptors (Lipinski definition) is 1. The van der Waals surface area contributed by atoms with E-state index in [1.165, 1.54) is 5.69 Å². The van der Waals surface area contributed by atoms with Crippen molar-refractivity contribution in [3.05, 3.63) is 30.3 Å². The van der Waals surface area contributed by atoms with Gasteiger partial charge >= 0.3 is 0 Å². The van der Waals surface area contributed by atoms with Crippen LogP contribution in [0.4, 0.5) is 5.69 Å². The average molecular weight is 294 g/mol. The molecule has 19 heavy (non-hydrogen) atoms. The van der Waals surface area contributed by atoms with E-state index in [2.05, 4.69) is 88.4 Å². The van der Waals surface area contributed by atoms with E-state index in [-0.39, 0.29) is 0 Å².